The van der Waals surface area contributed by atoms with E-state index < -0.39 is 0 Å². The van der Waals surface area contributed by atoms with Gasteiger partial charge in [-0.3, -0.25) is 0 Å². The van der Waals surface area contributed by atoms with E-state index in [1.54, 1.807) is 12.1 Å². The van der Waals surface area contributed by atoms with Crippen LogP contribution in [0.1, 0.15) is 12.8 Å². The van der Waals surface area contributed by atoms with Gasteiger partial charge in [0.25, 0.3) is 0 Å². The number of hydrogen-bond acceptors (Lipinski definition) is 2. The number of halogens is 2. The van der Waals surface area contributed by atoms with E-state index in [-0.39, 0.29) is 5.82 Å². The van der Waals surface area contributed by atoms with Gasteiger partial charge in [0.1, 0.15) is 5.82 Å². The van der Waals surface area contributed by atoms with Crippen LogP contribution in [0.4, 0.5) is 4.39 Å². The van der Waals surface area contributed by atoms with Crippen molar-refractivity contribution < 1.29 is 4.39 Å². The summed E-state index contributed by atoms with van der Waals surface area (Å²) in [4.78, 5) is 5.51. The van der Waals surface area contributed by atoms with Crippen LogP contribution in [-0.2, 0) is 6.54 Å². The minimum Gasteiger partial charge on any atom is -0.331 e. The number of aromatic nitrogens is 2. The van der Waals surface area contributed by atoms with Gasteiger partial charge in [-0.2, -0.15) is 0 Å². The molecule has 0 saturated carbocycles. The van der Waals surface area contributed by atoms with E-state index in [0.717, 1.165) is 30.7 Å². The van der Waals surface area contributed by atoms with Crippen LogP contribution in [0.3, 0.4) is 0 Å². The Morgan fingerprint density at radius 1 is 1.40 bits per heavy atom. The van der Waals surface area contributed by atoms with Crippen molar-refractivity contribution >= 4 is 39.2 Å². The van der Waals surface area contributed by atoms with Crippen molar-refractivity contribution in [3.8, 4) is 0 Å². The Balaban J connectivity index is 1.93. The monoisotopic (exact) mass is 357 g/mol. The molecule has 1 aliphatic heterocycles. The minimum absolute atomic E-state index is 0.247. The number of fused-ring (bicyclic) bond motifs is 1. The molecule has 3 nitrogen and oxygen atoms in total. The number of benzene rings is 1. The molecule has 108 valence electrons. The number of H-pyrrole nitrogens is 1. The summed E-state index contributed by atoms with van der Waals surface area (Å²) < 4.78 is 16.9. The van der Waals surface area contributed by atoms with Crippen molar-refractivity contribution in [3.05, 3.63) is 27.2 Å². The largest absolute Gasteiger partial charge is 0.331 e. The molecule has 1 aliphatic rings. The van der Waals surface area contributed by atoms with Crippen LogP contribution in [0, 0.1) is 16.5 Å². The number of rotatable bonds is 2. The van der Waals surface area contributed by atoms with Gasteiger partial charge < -0.3 is 14.5 Å². The number of nitrogens with one attached hydrogen (secondary N) is 1. The van der Waals surface area contributed by atoms with E-state index in [1.807, 2.05) is 4.57 Å². The first kappa shape index (κ1) is 14.2. The Hall–Kier alpha value is -0.720. The molecule has 0 radical (unpaired) electrons. The summed E-state index contributed by atoms with van der Waals surface area (Å²) in [7, 11) is 2.15. The average Bonchev–Trinajstić information content (AvgIpc) is 2.69. The van der Waals surface area contributed by atoms with E-state index in [1.165, 1.54) is 12.8 Å². The Kier molecular flexibility index (Phi) is 3.97. The quantitative estimate of drug-likeness (QED) is 0.823. The van der Waals surface area contributed by atoms with Crippen molar-refractivity contribution in [1.82, 2.24) is 14.5 Å². The lowest BCUT2D eigenvalue weighted by Gasteiger charge is -2.29. The predicted molar refractivity (Wildman–Crippen MR) is 85.0 cm³/mol. The number of aromatic amines is 1. The molecule has 3 rings (SSSR count). The third kappa shape index (κ3) is 2.69. The predicted octanol–water partition coefficient (Wildman–Crippen LogP) is 3.94. The summed E-state index contributed by atoms with van der Waals surface area (Å²) in [5.74, 6) is 0.368. The number of nitrogens with zero attached hydrogens (tertiary/aromatic N) is 2. The topological polar surface area (TPSA) is 24.0 Å². The Morgan fingerprint density at radius 3 is 2.80 bits per heavy atom. The second-order valence-electron chi connectivity index (χ2n) is 5.57. The summed E-state index contributed by atoms with van der Waals surface area (Å²) in [6, 6.07) is 3.31. The maximum atomic E-state index is 13.8. The Morgan fingerprint density at radius 2 is 2.10 bits per heavy atom. The highest BCUT2D eigenvalue weighted by atomic mass is 79.9. The fraction of sp³-hybridized carbons (Fsp3) is 0.500. The highest BCUT2D eigenvalue weighted by Gasteiger charge is 2.19. The molecule has 0 amide bonds. The molecule has 20 heavy (non-hydrogen) atoms. The molecule has 2 heterocycles. The molecule has 1 saturated heterocycles. The molecule has 1 aromatic carbocycles. The van der Waals surface area contributed by atoms with Gasteiger partial charge in [0.15, 0.2) is 4.77 Å². The maximum Gasteiger partial charge on any atom is 0.178 e. The van der Waals surface area contributed by atoms with Crippen LogP contribution in [0.15, 0.2) is 16.6 Å². The summed E-state index contributed by atoms with van der Waals surface area (Å²) >= 11 is 8.60. The SMILES string of the molecule is CN1CCC(Cn2c(=S)[nH]c3cc(Br)c(F)cc32)CC1. The average molecular weight is 358 g/mol. The highest BCUT2D eigenvalue weighted by molar-refractivity contribution is 9.10. The third-order valence-electron chi connectivity index (χ3n) is 4.10. The van der Waals surface area contributed by atoms with Crippen LogP contribution in [0.2, 0.25) is 0 Å². The van der Waals surface area contributed by atoms with E-state index in [4.69, 9.17) is 12.2 Å². The fourth-order valence-electron chi connectivity index (χ4n) is 2.84. The molecule has 6 heteroatoms. The van der Waals surface area contributed by atoms with Crippen LogP contribution in [0.5, 0.6) is 0 Å². The normalized spacial score (nSPS) is 17.9. The molecule has 1 fully saturated rings. The minimum atomic E-state index is -0.247. The standard InChI is InChI=1S/C14H17BrFN3S/c1-18-4-2-9(3-5-18)8-19-13-7-11(16)10(15)6-12(13)17-14(19)20/h6-7,9H,2-5,8H2,1H3,(H,17,20). The van der Waals surface area contributed by atoms with Crippen molar-refractivity contribution in [2.45, 2.75) is 19.4 Å². The lowest BCUT2D eigenvalue weighted by molar-refractivity contribution is 0.206. The van der Waals surface area contributed by atoms with Crippen LogP contribution in [-0.4, -0.2) is 34.6 Å². The molecular formula is C14H17BrFN3S. The van der Waals surface area contributed by atoms with Crippen LogP contribution < -0.4 is 0 Å². The number of piperidine rings is 1. The van der Waals surface area contributed by atoms with Crippen molar-refractivity contribution in [2.75, 3.05) is 20.1 Å². The van der Waals surface area contributed by atoms with Crippen molar-refractivity contribution in [1.29, 1.82) is 0 Å². The summed E-state index contributed by atoms with van der Waals surface area (Å²) in [5, 5.41) is 0. The summed E-state index contributed by atoms with van der Waals surface area (Å²) in [6.45, 7) is 3.12. The van der Waals surface area contributed by atoms with E-state index >= 15 is 0 Å². The third-order valence-corrected chi connectivity index (χ3v) is 5.03. The van der Waals surface area contributed by atoms with Gasteiger partial charge in [0, 0.05) is 12.6 Å². The zero-order valence-corrected chi connectivity index (χ0v) is 13.7. The maximum absolute atomic E-state index is 13.8. The molecule has 0 spiro atoms. The van der Waals surface area contributed by atoms with E-state index in [0.29, 0.717) is 15.2 Å². The van der Waals surface area contributed by atoms with Gasteiger partial charge in [-0.25, -0.2) is 4.39 Å². The molecule has 2 aromatic rings. The number of imidazole rings is 1. The second-order valence-corrected chi connectivity index (χ2v) is 6.81. The van der Waals surface area contributed by atoms with Crippen molar-refractivity contribution in [2.24, 2.45) is 5.92 Å². The fourth-order valence-corrected chi connectivity index (χ4v) is 3.46. The lowest BCUT2D eigenvalue weighted by Crippen LogP contribution is -2.31. The first-order valence-electron chi connectivity index (χ1n) is 6.80. The Labute approximate surface area is 130 Å². The van der Waals surface area contributed by atoms with Gasteiger partial charge >= 0.3 is 0 Å². The van der Waals surface area contributed by atoms with Crippen molar-refractivity contribution in [3.63, 3.8) is 0 Å². The zero-order chi connectivity index (χ0) is 14.3. The number of likely N-dealkylation sites (tertiary alicyclic amines) is 1. The number of hydrogen-bond donors (Lipinski definition) is 1. The molecule has 1 aromatic heterocycles. The molecule has 1 N–H and O–H groups in total. The summed E-state index contributed by atoms with van der Waals surface area (Å²) in [6.07, 6.45) is 2.34. The second kappa shape index (κ2) is 5.58. The van der Waals surface area contributed by atoms with Gasteiger partial charge in [-0.1, -0.05) is 0 Å². The molecule has 0 unspecified atom stereocenters. The zero-order valence-electron chi connectivity index (χ0n) is 11.3. The first-order valence-corrected chi connectivity index (χ1v) is 8.01. The smallest absolute Gasteiger partial charge is 0.178 e. The molecular weight excluding hydrogens is 341 g/mol. The van der Waals surface area contributed by atoms with Gasteiger partial charge in [0.05, 0.1) is 15.5 Å². The molecule has 0 aliphatic carbocycles. The van der Waals surface area contributed by atoms with Gasteiger partial charge in [0.2, 0.25) is 0 Å². The van der Waals surface area contributed by atoms with E-state index in [2.05, 4.69) is 32.9 Å². The molecule has 0 atom stereocenters. The molecule has 0 bridgehead atoms. The van der Waals surface area contributed by atoms with Gasteiger partial charge in [-0.05, 0) is 73.1 Å². The lowest BCUT2D eigenvalue weighted by atomic mass is 9.97. The van der Waals surface area contributed by atoms with Crippen LogP contribution >= 0.6 is 28.1 Å². The van der Waals surface area contributed by atoms with E-state index in [9.17, 15) is 4.39 Å². The van der Waals surface area contributed by atoms with Crippen LogP contribution in [0.25, 0.3) is 11.0 Å². The first-order chi connectivity index (χ1) is 9.54. The van der Waals surface area contributed by atoms with Gasteiger partial charge in [-0.15, -0.1) is 0 Å². The highest BCUT2D eigenvalue weighted by Crippen LogP contribution is 2.25. The summed E-state index contributed by atoms with van der Waals surface area (Å²) in [5.41, 5.74) is 1.74. The Bertz CT molecular complexity index is 686.